The van der Waals surface area contributed by atoms with E-state index in [1.165, 1.54) is 22.4 Å². The van der Waals surface area contributed by atoms with E-state index in [-0.39, 0.29) is 0 Å². The molecule has 3 rings (SSSR count). The SMILES string of the molecule is CCNC(=NCc1ccc(N2CCOCC2)cc1)NCc1ccc(C)cc1. The van der Waals surface area contributed by atoms with Crippen molar-refractivity contribution in [3.63, 3.8) is 0 Å². The van der Waals surface area contributed by atoms with Crippen molar-refractivity contribution in [2.75, 3.05) is 37.7 Å². The van der Waals surface area contributed by atoms with Gasteiger partial charge in [-0.15, -0.1) is 0 Å². The van der Waals surface area contributed by atoms with Crippen LogP contribution in [0.4, 0.5) is 5.69 Å². The summed E-state index contributed by atoms with van der Waals surface area (Å²) in [5, 5.41) is 6.72. The van der Waals surface area contributed by atoms with Crippen molar-refractivity contribution in [1.29, 1.82) is 0 Å². The molecule has 27 heavy (non-hydrogen) atoms. The average Bonchev–Trinajstić information content (AvgIpc) is 2.72. The van der Waals surface area contributed by atoms with Crippen molar-refractivity contribution in [1.82, 2.24) is 10.6 Å². The van der Waals surface area contributed by atoms with Gasteiger partial charge in [-0.2, -0.15) is 0 Å². The number of nitrogens with one attached hydrogen (secondary N) is 2. The Bertz CT molecular complexity index is 719. The number of morpholine rings is 1. The minimum absolute atomic E-state index is 0.659. The van der Waals surface area contributed by atoms with E-state index in [1.807, 2.05) is 0 Å². The largest absolute Gasteiger partial charge is 0.378 e. The first kappa shape index (κ1) is 19.2. The molecule has 1 aliphatic heterocycles. The summed E-state index contributed by atoms with van der Waals surface area (Å²) in [6, 6.07) is 17.3. The van der Waals surface area contributed by atoms with Crippen LogP contribution < -0.4 is 15.5 Å². The number of aryl methyl sites for hydroxylation is 1. The van der Waals surface area contributed by atoms with Crippen molar-refractivity contribution in [3.8, 4) is 0 Å². The van der Waals surface area contributed by atoms with Crippen molar-refractivity contribution in [3.05, 3.63) is 65.2 Å². The number of anilines is 1. The van der Waals surface area contributed by atoms with Crippen LogP contribution in [0.5, 0.6) is 0 Å². The highest BCUT2D eigenvalue weighted by Crippen LogP contribution is 2.17. The maximum absolute atomic E-state index is 5.42. The van der Waals surface area contributed by atoms with Crippen LogP contribution in [0.1, 0.15) is 23.6 Å². The van der Waals surface area contributed by atoms with Crippen molar-refractivity contribution < 1.29 is 4.74 Å². The van der Waals surface area contributed by atoms with Gasteiger partial charge in [0.25, 0.3) is 0 Å². The van der Waals surface area contributed by atoms with Gasteiger partial charge in [-0.05, 0) is 37.1 Å². The third-order valence-corrected chi connectivity index (χ3v) is 4.66. The lowest BCUT2D eigenvalue weighted by Gasteiger charge is -2.28. The predicted octanol–water partition coefficient (Wildman–Crippen LogP) is 3.09. The molecule has 5 heteroatoms. The topological polar surface area (TPSA) is 48.9 Å². The molecule has 0 bridgehead atoms. The summed E-state index contributed by atoms with van der Waals surface area (Å²) in [6.45, 7) is 10.0. The van der Waals surface area contributed by atoms with Crippen LogP contribution in [0.15, 0.2) is 53.5 Å². The Morgan fingerprint density at radius 3 is 2.30 bits per heavy atom. The lowest BCUT2D eigenvalue weighted by molar-refractivity contribution is 0.122. The van der Waals surface area contributed by atoms with Crippen molar-refractivity contribution in [2.24, 2.45) is 4.99 Å². The molecule has 1 heterocycles. The van der Waals surface area contributed by atoms with E-state index in [0.29, 0.717) is 6.54 Å². The molecule has 0 aromatic heterocycles. The molecule has 144 valence electrons. The van der Waals surface area contributed by atoms with Crippen LogP contribution in [-0.2, 0) is 17.8 Å². The molecule has 5 nitrogen and oxygen atoms in total. The van der Waals surface area contributed by atoms with Crippen molar-refractivity contribution >= 4 is 11.6 Å². The summed E-state index contributed by atoms with van der Waals surface area (Å²) >= 11 is 0. The third kappa shape index (κ3) is 6.00. The molecule has 2 aromatic rings. The fourth-order valence-corrected chi connectivity index (χ4v) is 3.04. The Morgan fingerprint density at radius 2 is 1.63 bits per heavy atom. The Kier molecular flexibility index (Phi) is 7.11. The van der Waals surface area contributed by atoms with Gasteiger partial charge in [-0.25, -0.2) is 4.99 Å². The molecule has 0 aliphatic carbocycles. The first-order chi connectivity index (χ1) is 13.2. The second-order valence-corrected chi connectivity index (χ2v) is 6.80. The van der Waals surface area contributed by atoms with Crippen LogP contribution in [0.2, 0.25) is 0 Å². The van der Waals surface area contributed by atoms with Crippen LogP contribution in [0.25, 0.3) is 0 Å². The number of benzene rings is 2. The van der Waals surface area contributed by atoms with Crippen LogP contribution >= 0.6 is 0 Å². The quantitative estimate of drug-likeness (QED) is 0.609. The van der Waals surface area contributed by atoms with E-state index in [1.54, 1.807) is 0 Å². The summed E-state index contributed by atoms with van der Waals surface area (Å²) in [4.78, 5) is 7.08. The molecule has 1 saturated heterocycles. The summed E-state index contributed by atoms with van der Waals surface area (Å²) < 4.78 is 5.42. The molecule has 0 amide bonds. The lowest BCUT2D eigenvalue weighted by atomic mass is 10.1. The van der Waals surface area contributed by atoms with E-state index < -0.39 is 0 Å². The molecule has 0 unspecified atom stereocenters. The number of nitrogens with zero attached hydrogens (tertiary/aromatic N) is 2. The molecule has 1 aliphatic rings. The second kappa shape index (κ2) is 9.97. The number of rotatable bonds is 6. The Labute approximate surface area is 162 Å². The molecule has 2 N–H and O–H groups in total. The third-order valence-electron chi connectivity index (χ3n) is 4.66. The highest BCUT2D eigenvalue weighted by molar-refractivity contribution is 5.79. The van der Waals surface area contributed by atoms with Gasteiger partial charge in [0.2, 0.25) is 0 Å². The minimum atomic E-state index is 0.659. The molecular weight excluding hydrogens is 336 g/mol. The molecule has 0 atom stereocenters. The molecule has 0 spiro atoms. The van der Waals surface area contributed by atoms with Crippen LogP contribution in [0.3, 0.4) is 0 Å². The van der Waals surface area contributed by atoms with E-state index >= 15 is 0 Å². The second-order valence-electron chi connectivity index (χ2n) is 6.80. The Hall–Kier alpha value is -2.53. The van der Waals surface area contributed by atoms with Gasteiger partial charge in [0.05, 0.1) is 19.8 Å². The zero-order valence-electron chi connectivity index (χ0n) is 16.4. The zero-order valence-corrected chi connectivity index (χ0v) is 16.4. The van der Waals surface area contributed by atoms with Gasteiger partial charge in [-0.1, -0.05) is 42.0 Å². The molecule has 2 aromatic carbocycles. The fraction of sp³-hybridized carbons (Fsp3) is 0.409. The summed E-state index contributed by atoms with van der Waals surface area (Å²) in [7, 11) is 0. The van der Waals surface area contributed by atoms with Gasteiger partial charge in [-0.3, -0.25) is 0 Å². The number of hydrogen-bond acceptors (Lipinski definition) is 3. The normalized spacial score (nSPS) is 14.9. The highest BCUT2D eigenvalue weighted by Gasteiger charge is 2.10. The van der Waals surface area contributed by atoms with Gasteiger partial charge in [0.1, 0.15) is 0 Å². The molecule has 0 radical (unpaired) electrons. The summed E-state index contributed by atoms with van der Waals surface area (Å²) in [5.74, 6) is 0.843. The fourth-order valence-electron chi connectivity index (χ4n) is 3.04. The van der Waals surface area contributed by atoms with E-state index in [4.69, 9.17) is 9.73 Å². The Morgan fingerprint density at radius 1 is 0.963 bits per heavy atom. The number of ether oxygens (including phenoxy) is 1. The molecule has 0 saturated carbocycles. The zero-order chi connectivity index (χ0) is 18.9. The number of aliphatic imine (C=N–C) groups is 1. The van der Waals surface area contributed by atoms with Gasteiger partial charge < -0.3 is 20.3 Å². The number of hydrogen-bond donors (Lipinski definition) is 2. The van der Waals surface area contributed by atoms with Crippen molar-refractivity contribution in [2.45, 2.75) is 26.9 Å². The summed E-state index contributed by atoms with van der Waals surface area (Å²) in [6.07, 6.45) is 0. The van der Waals surface area contributed by atoms with Gasteiger partial charge in [0, 0.05) is 31.9 Å². The van der Waals surface area contributed by atoms with Crippen LogP contribution in [-0.4, -0.2) is 38.8 Å². The van der Waals surface area contributed by atoms with Gasteiger partial charge in [0.15, 0.2) is 5.96 Å². The lowest BCUT2D eigenvalue weighted by Crippen LogP contribution is -2.36. The first-order valence-electron chi connectivity index (χ1n) is 9.74. The van der Waals surface area contributed by atoms with E-state index in [9.17, 15) is 0 Å². The van der Waals surface area contributed by atoms with Crippen LogP contribution in [0, 0.1) is 6.92 Å². The standard InChI is InChI=1S/C22H30N4O/c1-3-23-22(24-16-19-6-4-18(2)5-7-19)25-17-20-8-10-21(11-9-20)26-12-14-27-15-13-26/h4-11H,3,12-17H2,1-2H3,(H2,23,24,25). The number of guanidine groups is 1. The molecular formula is C22H30N4O. The highest BCUT2D eigenvalue weighted by atomic mass is 16.5. The maximum atomic E-state index is 5.42. The minimum Gasteiger partial charge on any atom is -0.378 e. The Balaban J connectivity index is 1.56. The van der Waals surface area contributed by atoms with E-state index in [0.717, 1.165) is 45.4 Å². The monoisotopic (exact) mass is 366 g/mol. The van der Waals surface area contributed by atoms with E-state index in [2.05, 4.69) is 77.9 Å². The molecule has 1 fully saturated rings. The van der Waals surface area contributed by atoms with Gasteiger partial charge >= 0.3 is 0 Å². The average molecular weight is 367 g/mol. The first-order valence-corrected chi connectivity index (χ1v) is 9.74. The predicted molar refractivity (Wildman–Crippen MR) is 112 cm³/mol. The maximum Gasteiger partial charge on any atom is 0.191 e. The smallest absolute Gasteiger partial charge is 0.191 e. The summed E-state index contributed by atoms with van der Waals surface area (Å²) in [5.41, 5.74) is 5.00.